The van der Waals surface area contributed by atoms with Crippen molar-refractivity contribution in [2.45, 2.75) is 25.7 Å². The van der Waals surface area contributed by atoms with Crippen molar-refractivity contribution in [3.63, 3.8) is 0 Å². The largest absolute Gasteiger partial charge is 0.372 e. The number of anilines is 1. The van der Waals surface area contributed by atoms with Crippen molar-refractivity contribution in [2.24, 2.45) is 4.99 Å². The molecular formula is C22H26ClN3S. The molecule has 5 heteroatoms. The summed E-state index contributed by atoms with van der Waals surface area (Å²) in [6.45, 7) is 9.56. The molecule has 0 spiro atoms. The maximum absolute atomic E-state index is 5.07. The van der Waals surface area contributed by atoms with E-state index in [1.807, 2.05) is 0 Å². The lowest BCUT2D eigenvalue weighted by Crippen LogP contribution is -2.22. The van der Waals surface area contributed by atoms with Gasteiger partial charge in [-0.25, -0.2) is 4.99 Å². The molecule has 1 N–H and O–H groups in total. The van der Waals surface area contributed by atoms with E-state index in [9.17, 15) is 0 Å². The number of nitrogens with zero attached hydrogens (tertiary/aromatic N) is 2. The van der Waals surface area contributed by atoms with Crippen LogP contribution in [0.3, 0.4) is 0 Å². The van der Waals surface area contributed by atoms with Gasteiger partial charge in [-0.1, -0.05) is 47.9 Å². The SMILES string of the molecule is CCNS1=c2ccc3ccccc3c2=Nc2ccc(N(CC)CC)cc21.Cl. The first-order chi connectivity index (χ1) is 12.8. The molecule has 1 atom stereocenters. The van der Waals surface area contributed by atoms with Crippen molar-refractivity contribution in [3.05, 3.63) is 64.5 Å². The Balaban J connectivity index is 0.00000210. The fourth-order valence-corrected chi connectivity index (χ4v) is 5.55. The van der Waals surface area contributed by atoms with E-state index in [0.29, 0.717) is 0 Å². The van der Waals surface area contributed by atoms with Crippen molar-refractivity contribution in [1.29, 1.82) is 0 Å². The normalized spacial score (nSPS) is 14.7. The monoisotopic (exact) mass is 399 g/mol. The summed E-state index contributed by atoms with van der Waals surface area (Å²) < 4.78 is 5.01. The highest BCUT2D eigenvalue weighted by Gasteiger charge is 2.15. The van der Waals surface area contributed by atoms with E-state index in [1.54, 1.807) is 0 Å². The van der Waals surface area contributed by atoms with Crippen LogP contribution < -0.4 is 15.0 Å². The van der Waals surface area contributed by atoms with E-state index in [-0.39, 0.29) is 23.1 Å². The zero-order valence-corrected chi connectivity index (χ0v) is 17.7. The molecular weight excluding hydrogens is 374 g/mol. The molecule has 142 valence electrons. The van der Waals surface area contributed by atoms with Crippen molar-refractivity contribution in [1.82, 2.24) is 4.72 Å². The van der Waals surface area contributed by atoms with Gasteiger partial charge in [0.05, 0.1) is 11.0 Å². The van der Waals surface area contributed by atoms with Gasteiger partial charge in [0, 0.05) is 40.1 Å². The molecule has 3 aromatic rings. The van der Waals surface area contributed by atoms with E-state index in [2.05, 4.69) is 85.0 Å². The molecule has 1 unspecified atom stereocenters. The Hall–Kier alpha value is -1.88. The molecule has 0 amide bonds. The molecule has 1 aliphatic rings. The van der Waals surface area contributed by atoms with Crippen LogP contribution in [0, 0.1) is 4.51 Å². The first-order valence-corrected chi connectivity index (χ1v) is 10.6. The maximum atomic E-state index is 5.07. The molecule has 0 aromatic heterocycles. The number of hydrogen-bond donors (Lipinski definition) is 1. The second-order valence-electron chi connectivity index (χ2n) is 6.37. The van der Waals surface area contributed by atoms with Gasteiger partial charge in [0.25, 0.3) is 0 Å². The van der Waals surface area contributed by atoms with Gasteiger partial charge in [-0.15, -0.1) is 12.4 Å². The lowest BCUT2D eigenvalue weighted by Gasteiger charge is -2.24. The molecule has 0 fully saturated rings. The summed E-state index contributed by atoms with van der Waals surface area (Å²) in [5, 5.41) is 3.60. The van der Waals surface area contributed by atoms with Crippen LogP contribution in [0.25, 0.3) is 10.8 Å². The van der Waals surface area contributed by atoms with Crippen LogP contribution in [0.5, 0.6) is 0 Å². The molecule has 27 heavy (non-hydrogen) atoms. The van der Waals surface area contributed by atoms with Crippen LogP contribution in [0.4, 0.5) is 11.4 Å². The van der Waals surface area contributed by atoms with Gasteiger partial charge in [-0.2, -0.15) is 0 Å². The minimum Gasteiger partial charge on any atom is -0.372 e. The van der Waals surface area contributed by atoms with Crippen LogP contribution in [0.2, 0.25) is 0 Å². The zero-order valence-electron chi connectivity index (χ0n) is 16.0. The Bertz CT molecular complexity index is 1090. The molecule has 3 aromatic carbocycles. The number of hydrogen-bond acceptors (Lipinski definition) is 3. The summed E-state index contributed by atoms with van der Waals surface area (Å²) in [4.78, 5) is 8.77. The van der Waals surface area contributed by atoms with Gasteiger partial charge in [-0.3, -0.25) is 4.72 Å². The highest BCUT2D eigenvalue weighted by Crippen LogP contribution is 2.39. The Kier molecular flexibility index (Phi) is 6.20. The third-order valence-corrected chi connectivity index (χ3v) is 7.01. The number of halogens is 1. The summed E-state index contributed by atoms with van der Waals surface area (Å²) >= 11 is 0. The third-order valence-electron chi connectivity index (χ3n) is 4.90. The van der Waals surface area contributed by atoms with Gasteiger partial charge in [0.15, 0.2) is 0 Å². The van der Waals surface area contributed by atoms with Crippen LogP contribution in [0.15, 0.2) is 64.5 Å². The van der Waals surface area contributed by atoms with Gasteiger partial charge < -0.3 is 4.90 Å². The Labute approximate surface area is 169 Å². The van der Waals surface area contributed by atoms with Crippen molar-refractivity contribution < 1.29 is 0 Å². The average Bonchev–Trinajstić information content (AvgIpc) is 2.69. The molecule has 1 heterocycles. The minimum absolute atomic E-state index is 0. The smallest absolute Gasteiger partial charge is 0.0859 e. The third kappa shape index (κ3) is 3.49. The summed E-state index contributed by atoms with van der Waals surface area (Å²) in [6.07, 6.45) is 0. The van der Waals surface area contributed by atoms with Gasteiger partial charge in [-0.05, 0) is 43.5 Å². The molecule has 0 saturated carbocycles. The zero-order chi connectivity index (χ0) is 18.1. The van der Waals surface area contributed by atoms with Crippen molar-refractivity contribution >= 4 is 45.2 Å². The first kappa shape index (κ1) is 19.9. The topological polar surface area (TPSA) is 27.6 Å². The maximum Gasteiger partial charge on any atom is 0.0859 e. The number of nitrogens with one attached hydrogen (secondary N) is 1. The lowest BCUT2D eigenvalue weighted by molar-refractivity contribution is 0.864. The van der Waals surface area contributed by atoms with Crippen molar-refractivity contribution in [3.8, 4) is 0 Å². The summed E-state index contributed by atoms with van der Waals surface area (Å²) in [6, 6.07) is 19.7. The van der Waals surface area contributed by atoms with Crippen LogP contribution in [0.1, 0.15) is 20.8 Å². The first-order valence-electron chi connectivity index (χ1n) is 9.37. The Morgan fingerprint density at radius 1 is 0.963 bits per heavy atom. The number of benzene rings is 3. The Morgan fingerprint density at radius 3 is 2.48 bits per heavy atom. The van der Waals surface area contributed by atoms with E-state index in [4.69, 9.17) is 4.99 Å². The number of rotatable bonds is 5. The van der Waals surface area contributed by atoms with Crippen LogP contribution >= 0.6 is 23.1 Å². The lowest BCUT2D eigenvalue weighted by atomic mass is 10.1. The van der Waals surface area contributed by atoms with E-state index < -0.39 is 0 Å². The minimum atomic E-state index is -0.152. The predicted molar refractivity (Wildman–Crippen MR) is 120 cm³/mol. The number of fused-ring (bicyclic) bond motifs is 4. The van der Waals surface area contributed by atoms with Crippen LogP contribution in [-0.2, 0) is 0 Å². The quantitative estimate of drug-likeness (QED) is 0.575. The molecule has 1 aliphatic heterocycles. The second kappa shape index (κ2) is 8.42. The molecule has 0 aliphatic carbocycles. The summed E-state index contributed by atoms with van der Waals surface area (Å²) in [7, 11) is -0.152. The van der Waals surface area contributed by atoms with Crippen LogP contribution in [-0.4, -0.2) is 19.6 Å². The van der Waals surface area contributed by atoms with E-state index >= 15 is 0 Å². The van der Waals surface area contributed by atoms with Gasteiger partial charge >= 0.3 is 0 Å². The highest BCUT2D eigenvalue weighted by atomic mass is 35.5. The fraction of sp³-hybridized carbons (Fsp3) is 0.273. The highest BCUT2D eigenvalue weighted by molar-refractivity contribution is 8.07. The van der Waals surface area contributed by atoms with E-state index in [1.165, 1.54) is 25.9 Å². The molecule has 3 nitrogen and oxygen atoms in total. The summed E-state index contributed by atoms with van der Waals surface area (Å²) in [5.74, 6) is 0. The second-order valence-corrected chi connectivity index (χ2v) is 8.15. The predicted octanol–water partition coefficient (Wildman–Crippen LogP) is 5.48. The molecule has 4 rings (SSSR count). The molecule has 0 bridgehead atoms. The fourth-order valence-electron chi connectivity index (χ4n) is 3.60. The Morgan fingerprint density at radius 2 is 1.74 bits per heavy atom. The standard InChI is InChI=1S/C22H25N3S.ClH/c1-4-23-26-20-14-11-16-9-7-8-10-18(16)22(20)24-19-13-12-17(15-21(19)26)25(5-2)6-3;/h7-15,23H,4-6H2,1-3H3;1H. The average molecular weight is 400 g/mol. The summed E-state index contributed by atoms with van der Waals surface area (Å²) in [5.41, 5.74) is 2.37. The molecule has 0 saturated heterocycles. The van der Waals surface area contributed by atoms with Crippen molar-refractivity contribution in [2.75, 3.05) is 24.5 Å². The van der Waals surface area contributed by atoms with Gasteiger partial charge in [0.1, 0.15) is 0 Å². The van der Waals surface area contributed by atoms with E-state index in [0.717, 1.165) is 30.7 Å². The van der Waals surface area contributed by atoms with Gasteiger partial charge in [0.2, 0.25) is 0 Å². The molecule has 0 radical (unpaired) electrons.